The number of hydrogen-bond donors (Lipinski definition) is 0. The van der Waals surface area contributed by atoms with E-state index >= 15 is 0 Å². The van der Waals surface area contributed by atoms with Gasteiger partial charge in [0.05, 0.1) is 12.0 Å². The highest BCUT2D eigenvalue weighted by Gasteiger charge is 2.27. The molecule has 0 spiro atoms. The summed E-state index contributed by atoms with van der Waals surface area (Å²) in [7, 11) is 1.77. The monoisotopic (exact) mass is 551 g/mol. The van der Waals surface area contributed by atoms with Gasteiger partial charge in [-0.1, -0.05) is 36.4 Å². The molecule has 4 rings (SSSR count). The number of aromatic nitrogens is 1. The highest BCUT2D eigenvalue weighted by molar-refractivity contribution is 7.89. The van der Waals surface area contributed by atoms with Gasteiger partial charge in [-0.2, -0.15) is 4.31 Å². The lowest BCUT2D eigenvalue weighted by molar-refractivity contribution is -0.131. The number of ether oxygens (including phenoxy) is 1. The number of methoxy groups -OCH3 is 1. The van der Waals surface area contributed by atoms with Crippen LogP contribution in [0.4, 0.5) is 5.82 Å². The third kappa shape index (κ3) is 7.56. The van der Waals surface area contributed by atoms with Gasteiger partial charge in [-0.3, -0.25) is 4.79 Å². The Labute approximate surface area is 231 Å². The van der Waals surface area contributed by atoms with Crippen LogP contribution in [0.5, 0.6) is 5.75 Å². The molecule has 10 heteroatoms. The van der Waals surface area contributed by atoms with Crippen LogP contribution in [0.15, 0.2) is 77.8 Å². The lowest BCUT2D eigenvalue weighted by atomic mass is 10.2. The van der Waals surface area contributed by atoms with Crippen molar-refractivity contribution in [3.8, 4) is 5.75 Å². The molecule has 1 fully saturated rings. The predicted octanol–water partition coefficient (Wildman–Crippen LogP) is 3.08. The van der Waals surface area contributed by atoms with Gasteiger partial charge >= 0.3 is 0 Å². The first-order chi connectivity index (χ1) is 18.8. The third-order valence-corrected chi connectivity index (χ3v) is 8.60. The van der Waals surface area contributed by atoms with Gasteiger partial charge in [0, 0.05) is 58.4 Å². The van der Waals surface area contributed by atoms with E-state index in [-0.39, 0.29) is 30.3 Å². The molecule has 1 saturated heterocycles. The van der Waals surface area contributed by atoms with Crippen LogP contribution in [0.3, 0.4) is 0 Å². The van der Waals surface area contributed by atoms with E-state index in [1.54, 1.807) is 12.1 Å². The molecule has 2 aromatic carbocycles. The molecule has 39 heavy (non-hydrogen) atoms. The number of nitrogens with zero attached hydrogens (tertiary/aromatic N) is 5. The van der Waals surface area contributed by atoms with E-state index in [1.807, 2.05) is 61.6 Å². The Kier molecular flexibility index (Phi) is 9.55. The molecule has 2 heterocycles. The first-order valence-corrected chi connectivity index (χ1v) is 14.5. The van der Waals surface area contributed by atoms with Crippen molar-refractivity contribution >= 4 is 21.7 Å². The molecule has 1 aliphatic rings. The van der Waals surface area contributed by atoms with E-state index in [0.29, 0.717) is 31.9 Å². The van der Waals surface area contributed by atoms with Gasteiger partial charge in [-0.15, -0.1) is 0 Å². The maximum Gasteiger partial charge on any atom is 0.243 e. The second-order valence-electron chi connectivity index (χ2n) is 9.88. The molecule has 0 radical (unpaired) electrons. The number of benzene rings is 2. The van der Waals surface area contributed by atoms with E-state index in [9.17, 15) is 13.2 Å². The summed E-state index contributed by atoms with van der Waals surface area (Å²) in [6, 6.07) is 19.9. The van der Waals surface area contributed by atoms with Gasteiger partial charge in [0.15, 0.2) is 0 Å². The van der Waals surface area contributed by atoms with Crippen molar-refractivity contribution < 1.29 is 17.9 Å². The van der Waals surface area contributed by atoms with Gasteiger partial charge in [-0.05, 0) is 55.6 Å². The zero-order chi connectivity index (χ0) is 27.8. The first-order valence-electron chi connectivity index (χ1n) is 13.1. The fourth-order valence-electron chi connectivity index (χ4n) is 4.59. The van der Waals surface area contributed by atoms with Crippen LogP contribution in [-0.4, -0.2) is 87.3 Å². The summed E-state index contributed by atoms with van der Waals surface area (Å²) in [5, 5.41) is 0. The normalized spacial score (nSPS) is 14.2. The number of piperazine rings is 1. The zero-order valence-corrected chi connectivity index (χ0v) is 23.7. The zero-order valence-electron chi connectivity index (χ0n) is 22.9. The van der Waals surface area contributed by atoms with Crippen LogP contribution in [0.1, 0.15) is 17.5 Å². The molecule has 1 aliphatic heterocycles. The summed E-state index contributed by atoms with van der Waals surface area (Å²) in [4.78, 5) is 24.0. The van der Waals surface area contributed by atoms with Crippen molar-refractivity contribution in [2.75, 3.05) is 58.8 Å². The SMILES string of the molecule is COc1ccc(S(=O)(=O)N(CCC(=O)N2CCN(c3ccc(CN(C)C)cn3)CC2)Cc2ccccc2)cc1. The minimum Gasteiger partial charge on any atom is -0.497 e. The number of hydrogen-bond acceptors (Lipinski definition) is 7. The van der Waals surface area contributed by atoms with Crippen LogP contribution >= 0.6 is 0 Å². The summed E-state index contributed by atoms with van der Waals surface area (Å²) in [5.41, 5.74) is 2.02. The average molecular weight is 552 g/mol. The van der Waals surface area contributed by atoms with E-state index in [4.69, 9.17) is 4.74 Å². The molecule has 9 nitrogen and oxygen atoms in total. The number of rotatable bonds is 11. The number of pyridine rings is 1. The Bertz CT molecular complexity index is 1310. The van der Waals surface area contributed by atoms with Crippen LogP contribution in [0.25, 0.3) is 0 Å². The molecule has 0 saturated carbocycles. The van der Waals surface area contributed by atoms with E-state index in [0.717, 1.165) is 23.5 Å². The van der Waals surface area contributed by atoms with Crippen molar-refractivity contribution in [2.24, 2.45) is 0 Å². The summed E-state index contributed by atoms with van der Waals surface area (Å²) in [6.45, 7) is 3.63. The Morgan fingerprint density at radius 3 is 2.18 bits per heavy atom. The van der Waals surface area contributed by atoms with Crippen LogP contribution < -0.4 is 9.64 Å². The molecule has 0 atom stereocenters. The van der Waals surface area contributed by atoms with Gasteiger partial charge in [0.25, 0.3) is 0 Å². The minimum absolute atomic E-state index is 0.0491. The first kappa shape index (κ1) is 28.5. The molecule has 0 bridgehead atoms. The van der Waals surface area contributed by atoms with Crippen LogP contribution in [-0.2, 0) is 27.9 Å². The summed E-state index contributed by atoms with van der Waals surface area (Å²) < 4.78 is 33.7. The predicted molar refractivity (Wildman–Crippen MR) is 152 cm³/mol. The van der Waals surface area contributed by atoms with Gasteiger partial charge in [-0.25, -0.2) is 13.4 Å². The average Bonchev–Trinajstić information content (AvgIpc) is 2.95. The summed E-state index contributed by atoms with van der Waals surface area (Å²) in [6.07, 6.45) is 2.01. The van der Waals surface area contributed by atoms with Crippen molar-refractivity contribution in [3.63, 3.8) is 0 Å². The topological polar surface area (TPSA) is 86.3 Å². The van der Waals surface area contributed by atoms with Crippen LogP contribution in [0, 0.1) is 0 Å². The molecule has 0 N–H and O–H groups in total. The Balaban J connectivity index is 1.38. The largest absolute Gasteiger partial charge is 0.497 e. The summed E-state index contributed by atoms with van der Waals surface area (Å²) in [5.74, 6) is 1.44. The minimum atomic E-state index is -3.82. The van der Waals surface area contributed by atoms with Crippen LogP contribution in [0.2, 0.25) is 0 Å². The lowest BCUT2D eigenvalue weighted by Crippen LogP contribution is -2.49. The number of anilines is 1. The maximum atomic E-state index is 13.6. The third-order valence-electron chi connectivity index (χ3n) is 6.74. The van der Waals surface area contributed by atoms with Crippen molar-refractivity contribution in [1.29, 1.82) is 0 Å². The van der Waals surface area contributed by atoms with Crippen molar-refractivity contribution in [3.05, 3.63) is 84.1 Å². The molecule has 1 amide bonds. The van der Waals surface area contributed by atoms with Crippen molar-refractivity contribution in [1.82, 2.24) is 19.1 Å². The second-order valence-corrected chi connectivity index (χ2v) is 11.8. The van der Waals surface area contributed by atoms with E-state index in [2.05, 4.69) is 20.9 Å². The molecule has 0 aliphatic carbocycles. The summed E-state index contributed by atoms with van der Waals surface area (Å²) >= 11 is 0. The molecular weight excluding hydrogens is 514 g/mol. The maximum absolute atomic E-state index is 13.6. The Hall–Kier alpha value is -3.47. The quantitative estimate of drug-likeness (QED) is 0.362. The second kappa shape index (κ2) is 13.1. The Morgan fingerprint density at radius 1 is 0.897 bits per heavy atom. The van der Waals surface area contributed by atoms with E-state index < -0.39 is 10.0 Å². The van der Waals surface area contributed by atoms with E-state index in [1.165, 1.54) is 23.5 Å². The fraction of sp³-hybridized carbons (Fsp3) is 0.379. The van der Waals surface area contributed by atoms with Gasteiger partial charge in [0.1, 0.15) is 11.6 Å². The van der Waals surface area contributed by atoms with Gasteiger partial charge in [0.2, 0.25) is 15.9 Å². The van der Waals surface area contributed by atoms with Gasteiger partial charge < -0.3 is 19.4 Å². The fourth-order valence-corrected chi connectivity index (χ4v) is 6.02. The number of amides is 1. The molecular formula is C29H37N5O4S. The number of carbonyl (C=O) groups is 1. The standard InChI is InChI=1S/C29H37N5O4S/c1-31(2)22-25-9-14-28(30-21-25)32-17-19-33(20-18-32)29(35)15-16-34(23-24-7-5-4-6-8-24)39(36,37)27-12-10-26(38-3)11-13-27/h4-14,21H,15-20,22-23H2,1-3H3. The Morgan fingerprint density at radius 2 is 1.59 bits per heavy atom. The highest BCUT2D eigenvalue weighted by Crippen LogP contribution is 2.22. The molecule has 208 valence electrons. The van der Waals surface area contributed by atoms with Crippen molar-refractivity contribution in [2.45, 2.75) is 24.4 Å². The lowest BCUT2D eigenvalue weighted by Gasteiger charge is -2.36. The number of carbonyl (C=O) groups excluding carboxylic acids is 1. The smallest absolute Gasteiger partial charge is 0.243 e. The molecule has 0 unspecified atom stereocenters. The molecule has 3 aromatic rings. The highest BCUT2D eigenvalue weighted by atomic mass is 32.2. The molecule has 1 aromatic heterocycles. The number of sulfonamides is 1.